The fourth-order valence-electron chi connectivity index (χ4n) is 3.34. The van der Waals surface area contributed by atoms with Crippen molar-refractivity contribution in [1.82, 2.24) is 14.5 Å². The van der Waals surface area contributed by atoms with Gasteiger partial charge in [0.15, 0.2) is 0 Å². The van der Waals surface area contributed by atoms with Crippen LogP contribution in [0.2, 0.25) is 0 Å². The van der Waals surface area contributed by atoms with Crippen LogP contribution in [0.15, 0.2) is 60.9 Å². The van der Waals surface area contributed by atoms with E-state index in [0.29, 0.717) is 11.5 Å². The Morgan fingerprint density at radius 2 is 1.88 bits per heavy atom. The highest BCUT2D eigenvalue weighted by molar-refractivity contribution is 6.00. The standard InChI is InChI=1S/C21H25N3O/c1-4-19(17-9-6-5-7-10-17)23(15-16(2)3)21(25)18-11-8-14-24-20(18)12-13-22-24/h5-14,16,19H,4,15H2,1-3H3. The van der Waals surface area contributed by atoms with Crippen molar-refractivity contribution >= 4 is 11.4 Å². The molecule has 0 aliphatic heterocycles. The summed E-state index contributed by atoms with van der Waals surface area (Å²) in [5.41, 5.74) is 2.73. The van der Waals surface area contributed by atoms with E-state index in [1.54, 1.807) is 10.7 Å². The number of nitrogens with zero attached hydrogens (tertiary/aromatic N) is 3. The number of pyridine rings is 1. The Balaban J connectivity index is 2.03. The van der Waals surface area contributed by atoms with E-state index in [9.17, 15) is 4.79 Å². The maximum absolute atomic E-state index is 13.5. The lowest BCUT2D eigenvalue weighted by atomic mass is 10.00. The van der Waals surface area contributed by atoms with Crippen molar-refractivity contribution < 1.29 is 4.79 Å². The van der Waals surface area contributed by atoms with Crippen LogP contribution in [0, 0.1) is 5.92 Å². The van der Waals surface area contributed by atoms with E-state index in [-0.39, 0.29) is 11.9 Å². The number of benzene rings is 1. The predicted octanol–water partition coefficient (Wildman–Crippen LogP) is 4.58. The monoisotopic (exact) mass is 335 g/mol. The van der Waals surface area contributed by atoms with Crippen molar-refractivity contribution in [1.29, 1.82) is 0 Å². The summed E-state index contributed by atoms with van der Waals surface area (Å²) in [5.74, 6) is 0.460. The molecule has 0 radical (unpaired) electrons. The fraction of sp³-hybridized carbons (Fsp3) is 0.333. The van der Waals surface area contributed by atoms with Crippen LogP contribution in [-0.2, 0) is 0 Å². The maximum atomic E-state index is 13.5. The Labute approximate surface area is 149 Å². The minimum absolute atomic E-state index is 0.0653. The fourth-order valence-corrected chi connectivity index (χ4v) is 3.34. The van der Waals surface area contributed by atoms with Crippen molar-refractivity contribution in [2.75, 3.05) is 6.54 Å². The van der Waals surface area contributed by atoms with E-state index in [1.807, 2.05) is 47.5 Å². The number of carbonyl (C=O) groups is 1. The molecule has 2 aromatic heterocycles. The third-order valence-corrected chi connectivity index (χ3v) is 4.44. The second kappa shape index (κ2) is 7.51. The van der Waals surface area contributed by atoms with Gasteiger partial charge in [0.2, 0.25) is 0 Å². The van der Waals surface area contributed by atoms with E-state index in [1.165, 1.54) is 5.56 Å². The van der Waals surface area contributed by atoms with Crippen LogP contribution in [-0.4, -0.2) is 27.0 Å². The third kappa shape index (κ3) is 3.58. The number of fused-ring (bicyclic) bond motifs is 1. The van der Waals surface area contributed by atoms with E-state index >= 15 is 0 Å². The normalized spacial score (nSPS) is 12.5. The predicted molar refractivity (Wildman–Crippen MR) is 101 cm³/mol. The molecule has 4 heteroatoms. The molecule has 1 unspecified atom stereocenters. The van der Waals surface area contributed by atoms with Gasteiger partial charge in [0.05, 0.1) is 23.3 Å². The largest absolute Gasteiger partial charge is 0.331 e. The second-order valence-electron chi connectivity index (χ2n) is 6.77. The van der Waals surface area contributed by atoms with E-state index in [4.69, 9.17) is 0 Å². The zero-order chi connectivity index (χ0) is 17.8. The molecular weight excluding hydrogens is 310 g/mol. The summed E-state index contributed by atoms with van der Waals surface area (Å²) in [6, 6.07) is 16.0. The van der Waals surface area contributed by atoms with Gasteiger partial charge in [-0.2, -0.15) is 5.10 Å². The minimum Gasteiger partial charge on any atom is -0.331 e. The molecule has 0 saturated heterocycles. The molecule has 0 N–H and O–H groups in total. The van der Waals surface area contributed by atoms with Gasteiger partial charge < -0.3 is 4.90 Å². The Morgan fingerprint density at radius 1 is 1.12 bits per heavy atom. The Morgan fingerprint density at radius 3 is 2.56 bits per heavy atom. The zero-order valence-corrected chi connectivity index (χ0v) is 15.1. The number of aromatic nitrogens is 2. The van der Waals surface area contributed by atoms with E-state index in [0.717, 1.165) is 18.5 Å². The molecule has 4 nitrogen and oxygen atoms in total. The van der Waals surface area contributed by atoms with Crippen molar-refractivity contribution in [2.24, 2.45) is 5.92 Å². The van der Waals surface area contributed by atoms with Crippen LogP contribution >= 0.6 is 0 Å². The van der Waals surface area contributed by atoms with Crippen LogP contribution < -0.4 is 0 Å². The van der Waals surface area contributed by atoms with Gasteiger partial charge in [-0.05, 0) is 36.1 Å². The minimum atomic E-state index is 0.0653. The number of rotatable bonds is 6. The summed E-state index contributed by atoms with van der Waals surface area (Å²) in [6.07, 6.45) is 4.48. The lowest BCUT2D eigenvalue weighted by Gasteiger charge is -2.33. The first kappa shape index (κ1) is 17.2. The molecule has 1 aromatic carbocycles. The summed E-state index contributed by atoms with van der Waals surface area (Å²) in [6.45, 7) is 7.16. The van der Waals surface area contributed by atoms with E-state index in [2.05, 4.69) is 38.0 Å². The molecule has 3 aromatic rings. The quantitative estimate of drug-likeness (QED) is 0.661. The molecule has 1 amide bonds. The lowest BCUT2D eigenvalue weighted by molar-refractivity contribution is 0.0645. The number of hydrogen-bond donors (Lipinski definition) is 0. The molecule has 0 aliphatic rings. The summed E-state index contributed by atoms with van der Waals surface area (Å²) in [7, 11) is 0. The van der Waals surface area contributed by atoms with Crippen LogP contribution in [0.4, 0.5) is 0 Å². The SMILES string of the molecule is CCC(c1ccccc1)N(CC(C)C)C(=O)c1cccn2nccc12. The number of carbonyl (C=O) groups excluding carboxylic acids is 1. The van der Waals surface area contributed by atoms with Gasteiger partial charge in [-0.25, -0.2) is 4.52 Å². The molecule has 0 bridgehead atoms. The lowest BCUT2D eigenvalue weighted by Crippen LogP contribution is -2.37. The number of hydrogen-bond acceptors (Lipinski definition) is 2. The summed E-state index contributed by atoms with van der Waals surface area (Å²) < 4.78 is 1.75. The Kier molecular flexibility index (Phi) is 5.17. The average Bonchev–Trinajstić information content (AvgIpc) is 3.10. The molecule has 0 fully saturated rings. The summed E-state index contributed by atoms with van der Waals surface area (Å²) in [4.78, 5) is 15.5. The average molecular weight is 335 g/mol. The van der Waals surface area contributed by atoms with Gasteiger partial charge in [-0.3, -0.25) is 4.79 Å². The van der Waals surface area contributed by atoms with Crippen molar-refractivity contribution in [3.63, 3.8) is 0 Å². The van der Waals surface area contributed by atoms with Gasteiger partial charge in [-0.15, -0.1) is 0 Å². The highest BCUT2D eigenvalue weighted by Gasteiger charge is 2.26. The van der Waals surface area contributed by atoms with Crippen molar-refractivity contribution in [2.45, 2.75) is 33.2 Å². The molecule has 0 aliphatic carbocycles. The van der Waals surface area contributed by atoms with Gasteiger partial charge in [-0.1, -0.05) is 51.1 Å². The van der Waals surface area contributed by atoms with Crippen molar-refractivity contribution in [3.8, 4) is 0 Å². The molecule has 3 rings (SSSR count). The third-order valence-electron chi connectivity index (χ3n) is 4.44. The maximum Gasteiger partial charge on any atom is 0.256 e. The smallest absolute Gasteiger partial charge is 0.256 e. The van der Waals surface area contributed by atoms with Gasteiger partial charge >= 0.3 is 0 Å². The van der Waals surface area contributed by atoms with Gasteiger partial charge in [0, 0.05) is 12.7 Å². The Bertz CT molecular complexity index is 838. The molecule has 0 saturated carbocycles. The highest BCUT2D eigenvalue weighted by Crippen LogP contribution is 2.28. The van der Waals surface area contributed by atoms with Gasteiger partial charge in [0.1, 0.15) is 0 Å². The topological polar surface area (TPSA) is 37.6 Å². The molecular formula is C21H25N3O. The molecule has 1 atom stereocenters. The number of amides is 1. The molecule has 25 heavy (non-hydrogen) atoms. The van der Waals surface area contributed by atoms with Gasteiger partial charge in [0.25, 0.3) is 5.91 Å². The second-order valence-corrected chi connectivity index (χ2v) is 6.77. The first-order valence-corrected chi connectivity index (χ1v) is 8.90. The first-order valence-electron chi connectivity index (χ1n) is 8.90. The zero-order valence-electron chi connectivity index (χ0n) is 15.1. The highest BCUT2D eigenvalue weighted by atomic mass is 16.2. The molecule has 2 heterocycles. The van der Waals surface area contributed by atoms with E-state index < -0.39 is 0 Å². The van der Waals surface area contributed by atoms with Crippen LogP contribution in [0.25, 0.3) is 5.52 Å². The molecule has 0 spiro atoms. The van der Waals surface area contributed by atoms with Crippen LogP contribution in [0.1, 0.15) is 49.2 Å². The van der Waals surface area contributed by atoms with Crippen molar-refractivity contribution in [3.05, 3.63) is 72.1 Å². The first-order chi connectivity index (χ1) is 12.1. The van der Waals surface area contributed by atoms with Crippen LogP contribution in [0.3, 0.4) is 0 Å². The Hall–Kier alpha value is -2.62. The molecule has 130 valence electrons. The van der Waals surface area contributed by atoms with Crippen LogP contribution in [0.5, 0.6) is 0 Å². The summed E-state index contributed by atoms with van der Waals surface area (Å²) >= 11 is 0. The summed E-state index contributed by atoms with van der Waals surface area (Å²) in [5, 5.41) is 4.25.